The van der Waals surface area contributed by atoms with E-state index >= 15 is 0 Å². The van der Waals surface area contributed by atoms with Gasteiger partial charge < -0.3 is 20.4 Å². The van der Waals surface area contributed by atoms with E-state index in [2.05, 4.69) is 0 Å². The van der Waals surface area contributed by atoms with Gasteiger partial charge in [0, 0.05) is 6.07 Å². The molecule has 0 amide bonds. The molecule has 0 bridgehead atoms. The van der Waals surface area contributed by atoms with E-state index in [0.717, 1.165) is 0 Å². The lowest BCUT2D eigenvalue weighted by Crippen LogP contribution is -1.66. The Balaban J connectivity index is 0.000000171. The van der Waals surface area contributed by atoms with E-state index in [-0.39, 0.29) is 28.0 Å². The summed E-state index contributed by atoms with van der Waals surface area (Å²) in [4.78, 5) is 0. The maximum Gasteiger partial charge on any atom is 0.157 e. The first-order valence-electron chi connectivity index (χ1n) is 4.65. The second kappa shape index (κ2) is 5.86. The zero-order valence-corrected chi connectivity index (χ0v) is 9.46. The number of hydrogen-bond donors (Lipinski definition) is 4. The Morgan fingerprint density at radius 2 is 1.24 bits per heavy atom. The van der Waals surface area contributed by atoms with Crippen molar-refractivity contribution in [3.05, 3.63) is 47.5 Å². The molecule has 0 aromatic heterocycles. The van der Waals surface area contributed by atoms with Crippen LogP contribution in [0.5, 0.6) is 23.0 Å². The Hall–Kier alpha value is -2.07. The van der Waals surface area contributed by atoms with Crippen molar-refractivity contribution in [1.82, 2.24) is 0 Å². The number of benzene rings is 2. The van der Waals surface area contributed by atoms with Crippen molar-refractivity contribution in [2.45, 2.75) is 0 Å². The van der Waals surface area contributed by atoms with Gasteiger partial charge in [-0.05, 0) is 24.3 Å². The maximum atomic E-state index is 8.80. The molecule has 0 saturated carbocycles. The molecule has 0 aliphatic rings. The Kier molecular flexibility index (Phi) is 4.48. The van der Waals surface area contributed by atoms with E-state index < -0.39 is 0 Å². The first-order chi connectivity index (χ1) is 8.00. The van der Waals surface area contributed by atoms with Crippen LogP contribution in [0.1, 0.15) is 0 Å². The monoisotopic (exact) mass is 254 g/mol. The molecule has 0 unspecified atom stereocenters. The highest BCUT2D eigenvalue weighted by atomic mass is 35.5. The number of phenolic OH excluding ortho intramolecular Hbond substituents is 4. The van der Waals surface area contributed by atoms with Gasteiger partial charge in [-0.3, -0.25) is 0 Å². The molecule has 0 fully saturated rings. The van der Waals surface area contributed by atoms with Gasteiger partial charge in [0.15, 0.2) is 11.5 Å². The lowest BCUT2D eigenvalue weighted by molar-refractivity contribution is 0.404. The van der Waals surface area contributed by atoms with Crippen LogP contribution in [0.4, 0.5) is 0 Å². The average Bonchev–Trinajstić information content (AvgIpc) is 2.29. The summed E-state index contributed by atoms with van der Waals surface area (Å²) in [7, 11) is 0. The molecule has 17 heavy (non-hydrogen) atoms. The summed E-state index contributed by atoms with van der Waals surface area (Å²) < 4.78 is 0. The number of aromatic hydroxyl groups is 4. The molecule has 0 aliphatic heterocycles. The van der Waals surface area contributed by atoms with Gasteiger partial charge in [0.05, 0.1) is 5.02 Å². The van der Waals surface area contributed by atoms with Crippen molar-refractivity contribution >= 4 is 11.6 Å². The second-order valence-corrected chi connectivity index (χ2v) is 3.53. The molecule has 0 aliphatic carbocycles. The quantitative estimate of drug-likeness (QED) is 0.430. The fraction of sp³-hybridized carbons (Fsp3) is 0. The zero-order chi connectivity index (χ0) is 12.8. The maximum absolute atomic E-state index is 8.80. The van der Waals surface area contributed by atoms with E-state index in [0.29, 0.717) is 0 Å². The van der Waals surface area contributed by atoms with Crippen LogP contribution in [0.25, 0.3) is 0 Å². The molecular formula is C12H11ClO4. The van der Waals surface area contributed by atoms with Crippen LogP contribution in [0.15, 0.2) is 42.5 Å². The molecule has 2 aromatic carbocycles. The van der Waals surface area contributed by atoms with Crippen LogP contribution in [0.2, 0.25) is 5.02 Å². The van der Waals surface area contributed by atoms with Gasteiger partial charge in [-0.15, -0.1) is 0 Å². The van der Waals surface area contributed by atoms with Crippen molar-refractivity contribution in [1.29, 1.82) is 0 Å². The van der Waals surface area contributed by atoms with E-state index in [1.54, 1.807) is 12.1 Å². The third-order valence-electron chi connectivity index (χ3n) is 1.81. The highest BCUT2D eigenvalue weighted by molar-refractivity contribution is 6.32. The lowest BCUT2D eigenvalue weighted by atomic mass is 10.3. The number of rotatable bonds is 0. The van der Waals surface area contributed by atoms with Crippen molar-refractivity contribution < 1.29 is 20.4 Å². The molecule has 0 atom stereocenters. The van der Waals surface area contributed by atoms with E-state index in [9.17, 15) is 0 Å². The van der Waals surface area contributed by atoms with Crippen LogP contribution in [0, 0.1) is 0 Å². The largest absolute Gasteiger partial charge is 0.508 e. The summed E-state index contributed by atoms with van der Waals surface area (Å²) in [6.07, 6.45) is 0. The second-order valence-electron chi connectivity index (χ2n) is 3.12. The lowest BCUT2D eigenvalue weighted by Gasteiger charge is -1.94. The fourth-order valence-corrected chi connectivity index (χ4v) is 1.13. The molecule has 5 heteroatoms. The van der Waals surface area contributed by atoms with Crippen LogP contribution < -0.4 is 0 Å². The molecule has 0 saturated heterocycles. The molecule has 90 valence electrons. The molecule has 0 spiro atoms. The molecule has 4 N–H and O–H groups in total. The van der Waals surface area contributed by atoms with Gasteiger partial charge in [-0.25, -0.2) is 0 Å². The molecule has 2 rings (SSSR count). The SMILES string of the molecule is Oc1ccc(O)c(Cl)c1.Oc1ccccc1O. The topological polar surface area (TPSA) is 80.9 Å². The Morgan fingerprint density at radius 1 is 0.706 bits per heavy atom. The Morgan fingerprint density at radius 3 is 1.59 bits per heavy atom. The first-order valence-corrected chi connectivity index (χ1v) is 5.03. The third-order valence-corrected chi connectivity index (χ3v) is 2.12. The minimum Gasteiger partial charge on any atom is -0.508 e. The summed E-state index contributed by atoms with van der Waals surface area (Å²) >= 11 is 5.40. The van der Waals surface area contributed by atoms with E-state index in [1.165, 1.54) is 30.3 Å². The van der Waals surface area contributed by atoms with Crippen molar-refractivity contribution in [2.24, 2.45) is 0 Å². The summed E-state index contributed by atoms with van der Waals surface area (Å²) in [6.45, 7) is 0. The average molecular weight is 255 g/mol. The zero-order valence-electron chi connectivity index (χ0n) is 8.71. The van der Waals surface area contributed by atoms with Crippen molar-refractivity contribution in [3.63, 3.8) is 0 Å². The van der Waals surface area contributed by atoms with Crippen LogP contribution >= 0.6 is 11.6 Å². The van der Waals surface area contributed by atoms with Gasteiger partial charge in [-0.2, -0.15) is 0 Å². The van der Waals surface area contributed by atoms with Crippen LogP contribution in [0.3, 0.4) is 0 Å². The van der Waals surface area contributed by atoms with Gasteiger partial charge >= 0.3 is 0 Å². The fourth-order valence-electron chi connectivity index (χ4n) is 0.960. The summed E-state index contributed by atoms with van der Waals surface area (Å²) in [6, 6.07) is 10.1. The van der Waals surface area contributed by atoms with Crippen LogP contribution in [-0.4, -0.2) is 20.4 Å². The number of para-hydroxylation sites is 2. The van der Waals surface area contributed by atoms with Crippen molar-refractivity contribution in [2.75, 3.05) is 0 Å². The smallest absolute Gasteiger partial charge is 0.157 e. The summed E-state index contributed by atoms with van der Waals surface area (Å²) in [5, 5.41) is 35.0. The van der Waals surface area contributed by atoms with Gasteiger partial charge in [0.1, 0.15) is 11.5 Å². The highest BCUT2D eigenvalue weighted by Gasteiger charge is 1.96. The predicted octanol–water partition coefficient (Wildman–Crippen LogP) is 2.85. The molecule has 4 nitrogen and oxygen atoms in total. The highest BCUT2D eigenvalue weighted by Crippen LogP contribution is 2.26. The Labute approximate surface area is 103 Å². The van der Waals surface area contributed by atoms with Gasteiger partial charge in [0.25, 0.3) is 0 Å². The van der Waals surface area contributed by atoms with E-state index in [1.807, 2.05) is 0 Å². The van der Waals surface area contributed by atoms with Crippen LogP contribution in [-0.2, 0) is 0 Å². The molecule has 0 heterocycles. The first kappa shape index (κ1) is 13.0. The minimum absolute atomic E-state index is 0.0190. The van der Waals surface area contributed by atoms with Gasteiger partial charge in [-0.1, -0.05) is 23.7 Å². The van der Waals surface area contributed by atoms with E-state index in [4.69, 9.17) is 32.0 Å². The minimum atomic E-state index is -0.0764. The summed E-state index contributed by atoms with van der Waals surface area (Å²) in [5.41, 5.74) is 0. The van der Waals surface area contributed by atoms with Gasteiger partial charge in [0.2, 0.25) is 0 Å². The third kappa shape index (κ3) is 4.12. The van der Waals surface area contributed by atoms with Crippen molar-refractivity contribution in [3.8, 4) is 23.0 Å². The molecule has 2 aromatic rings. The number of hydrogen-bond acceptors (Lipinski definition) is 4. The standard InChI is InChI=1S/C6H5ClO2.C6H6O2/c7-5-3-4(8)1-2-6(5)9;7-5-3-1-2-4-6(5)8/h1-3,8-9H;1-4,7-8H. The number of halogens is 1. The normalized spacial score (nSPS) is 9.24. The molecular weight excluding hydrogens is 244 g/mol. The number of phenols is 4. The molecule has 0 radical (unpaired) electrons. The Bertz CT molecular complexity index is 479. The summed E-state index contributed by atoms with van der Waals surface area (Å²) in [5.74, 6) is -0.118. The predicted molar refractivity (Wildman–Crippen MR) is 64.6 cm³/mol.